The van der Waals surface area contributed by atoms with Crippen molar-refractivity contribution >= 4 is 25.8 Å². The molecule has 0 saturated heterocycles. The molecule has 13 heteroatoms. The molecule has 0 aliphatic heterocycles. The topological polar surface area (TPSA) is 152 Å². The third-order valence-electron chi connectivity index (χ3n) is 5.45. The van der Waals surface area contributed by atoms with E-state index in [-0.39, 0.29) is 47.2 Å². The Labute approximate surface area is 212 Å². The molecule has 1 aliphatic carbocycles. The first-order valence-corrected chi connectivity index (χ1v) is 14.4. The summed E-state index contributed by atoms with van der Waals surface area (Å²) in [6.07, 6.45) is 0. The lowest BCUT2D eigenvalue weighted by Gasteiger charge is -2.09. The average Bonchev–Trinajstić information content (AvgIpc) is 3.14. The van der Waals surface area contributed by atoms with Crippen molar-refractivity contribution in [2.24, 2.45) is 0 Å². The second-order valence-electron chi connectivity index (χ2n) is 7.97. The van der Waals surface area contributed by atoms with Gasteiger partial charge in [0, 0.05) is 37.3 Å². The Morgan fingerprint density at radius 1 is 0.611 bits per heavy atom. The van der Waals surface area contributed by atoms with Crippen molar-refractivity contribution < 1.29 is 31.1 Å². The van der Waals surface area contributed by atoms with Gasteiger partial charge < -0.3 is 20.1 Å². The van der Waals surface area contributed by atoms with Crippen LogP contribution in [0.4, 0.5) is 0 Å². The summed E-state index contributed by atoms with van der Waals surface area (Å²) < 4.78 is 66.3. The van der Waals surface area contributed by atoms with Gasteiger partial charge in [0.2, 0.25) is 20.0 Å². The van der Waals surface area contributed by atoms with Crippen LogP contribution in [0.15, 0.2) is 46.2 Å². The molecule has 0 atom stereocenters. The minimum absolute atomic E-state index is 0.0505. The van der Waals surface area contributed by atoms with Crippen molar-refractivity contribution in [3.63, 3.8) is 0 Å². The molecule has 0 saturated carbocycles. The van der Waals surface area contributed by atoms with Gasteiger partial charge in [0.05, 0.1) is 36.2 Å². The largest absolute Gasteiger partial charge is 0.379 e. The number of carbonyl (C=O) groups excluding carboxylic acids is 1. The molecule has 0 fully saturated rings. The third kappa shape index (κ3) is 6.95. The maximum Gasteiger partial charge on any atom is 0.240 e. The van der Waals surface area contributed by atoms with E-state index < -0.39 is 25.8 Å². The zero-order valence-corrected chi connectivity index (χ0v) is 21.9. The Morgan fingerprint density at radius 2 is 1.00 bits per heavy atom. The Kier molecular flexibility index (Phi) is 10.1. The van der Waals surface area contributed by atoms with Crippen molar-refractivity contribution in [3.05, 3.63) is 47.5 Å². The van der Waals surface area contributed by atoms with Gasteiger partial charge in [0.1, 0.15) is 0 Å². The van der Waals surface area contributed by atoms with Crippen LogP contribution in [0, 0.1) is 0 Å². The molecule has 0 spiro atoms. The highest BCUT2D eigenvalue weighted by Gasteiger charge is 2.30. The van der Waals surface area contributed by atoms with Gasteiger partial charge in [-0.15, -0.1) is 0 Å². The Balaban J connectivity index is 1.69. The fraction of sp³-hybridized carbons (Fsp3) is 0.435. The van der Waals surface area contributed by atoms with Crippen molar-refractivity contribution in [2.75, 3.05) is 66.7 Å². The average molecular weight is 541 g/mol. The minimum Gasteiger partial charge on any atom is -0.379 e. The van der Waals surface area contributed by atoms with E-state index in [2.05, 4.69) is 20.1 Å². The maximum absolute atomic E-state index is 13.1. The SMILES string of the molecule is CNCCOCCNS(=O)(=O)c1ccc2c(c1)C(=O)c1cc(S(=O)(=O)NCCOCCNC)ccc1-2. The second kappa shape index (κ2) is 12.8. The number of hydrogen-bond donors (Lipinski definition) is 4. The van der Waals surface area contributed by atoms with E-state index in [1.807, 2.05) is 0 Å². The molecule has 0 aromatic heterocycles. The van der Waals surface area contributed by atoms with Crippen LogP contribution in [0.5, 0.6) is 0 Å². The lowest BCUT2D eigenvalue weighted by atomic mass is 10.1. The molecule has 0 heterocycles. The van der Waals surface area contributed by atoms with Crippen molar-refractivity contribution in [3.8, 4) is 11.1 Å². The molecule has 36 heavy (non-hydrogen) atoms. The second-order valence-corrected chi connectivity index (χ2v) is 11.5. The van der Waals surface area contributed by atoms with E-state index in [1.54, 1.807) is 26.2 Å². The fourth-order valence-corrected chi connectivity index (χ4v) is 5.67. The van der Waals surface area contributed by atoms with Gasteiger partial charge in [-0.1, -0.05) is 12.1 Å². The number of likely N-dealkylation sites (N-methyl/N-ethyl adjacent to an activating group) is 2. The molecule has 11 nitrogen and oxygen atoms in total. The van der Waals surface area contributed by atoms with Gasteiger partial charge in [0.25, 0.3) is 0 Å². The molecule has 1 aliphatic rings. The highest BCUT2D eigenvalue weighted by molar-refractivity contribution is 7.89. The number of benzene rings is 2. The maximum atomic E-state index is 13.1. The number of carbonyl (C=O) groups is 1. The zero-order valence-electron chi connectivity index (χ0n) is 20.3. The first kappa shape index (κ1) is 28.3. The van der Waals surface area contributed by atoms with Crippen LogP contribution in [-0.2, 0) is 29.5 Å². The van der Waals surface area contributed by atoms with Gasteiger partial charge in [-0.3, -0.25) is 4.79 Å². The molecule has 2 aromatic rings. The van der Waals surface area contributed by atoms with Crippen molar-refractivity contribution in [2.45, 2.75) is 9.79 Å². The molecule has 4 N–H and O–H groups in total. The summed E-state index contributed by atoms with van der Waals surface area (Å²) in [7, 11) is -4.13. The first-order chi connectivity index (χ1) is 17.2. The normalized spacial score (nSPS) is 13.1. The molecule has 2 aromatic carbocycles. The van der Waals surface area contributed by atoms with Gasteiger partial charge in [-0.25, -0.2) is 26.3 Å². The number of fused-ring (bicyclic) bond motifs is 3. The van der Waals surface area contributed by atoms with E-state index in [0.717, 1.165) is 0 Å². The summed E-state index contributed by atoms with van der Waals surface area (Å²) in [6, 6.07) is 8.60. The van der Waals surface area contributed by atoms with Crippen LogP contribution in [-0.4, -0.2) is 89.3 Å². The summed E-state index contributed by atoms with van der Waals surface area (Å²) in [5, 5.41) is 5.85. The molecule has 3 rings (SSSR count). The molecule has 0 bridgehead atoms. The van der Waals surface area contributed by atoms with Gasteiger partial charge in [-0.05, 0) is 49.5 Å². The summed E-state index contributed by atoms with van der Waals surface area (Å²) >= 11 is 0. The lowest BCUT2D eigenvalue weighted by Crippen LogP contribution is -2.28. The quantitative estimate of drug-likeness (QED) is 0.183. The van der Waals surface area contributed by atoms with Crippen molar-refractivity contribution in [1.82, 2.24) is 20.1 Å². The molecule has 198 valence electrons. The number of rotatable bonds is 16. The van der Waals surface area contributed by atoms with Crippen LogP contribution in [0.2, 0.25) is 0 Å². The highest BCUT2D eigenvalue weighted by Crippen LogP contribution is 2.38. The number of ketones is 1. The van der Waals surface area contributed by atoms with E-state index in [1.165, 1.54) is 24.3 Å². The number of nitrogens with one attached hydrogen (secondary N) is 4. The molecular formula is C23H32N4O7S2. The fourth-order valence-electron chi connectivity index (χ4n) is 3.59. The van der Waals surface area contributed by atoms with Crippen LogP contribution in [0.25, 0.3) is 11.1 Å². The zero-order chi connectivity index (χ0) is 26.2. The Hall–Kier alpha value is -2.23. The van der Waals surface area contributed by atoms with Gasteiger partial charge >= 0.3 is 0 Å². The lowest BCUT2D eigenvalue weighted by molar-refractivity contribution is 0.104. The van der Waals surface area contributed by atoms with E-state index in [0.29, 0.717) is 37.4 Å². The predicted octanol–water partition coefficient (Wildman–Crippen LogP) is -0.0734. The number of sulfonamides is 2. The van der Waals surface area contributed by atoms with Crippen LogP contribution in [0.1, 0.15) is 15.9 Å². The smallest absolute Gasteiger partial charge is 0.240 e. The molecule has 0 unspecified atom stereocenters. The highest BCUT2D eigenvalue weighted by atomic mass is 32.2. The Morgan fingerprint density at radius 3 is 1.39 bits per heavy atom. The van der Waals surface area contributed by atoms with Gasteiger partial charge in [-0.2, -0.15) is 0 Å². The van der Waals surface area contributed by atoms with E-state index in [9.17, 15) is 21.6 Å². The number of hydrogen-bond acceptors (Lipinski definition) is 9. The van der Waals surface area contributed by atoms with Crippen LogP contribution < -0.4 is 20.1 Å². The summed E-state index contributed by atoms with van der Waals surface area (Å²) in [4.78, 5) is 13.0. The summed E-state index contributed by atoms with van der Waals surface area (Å²) in [5.74, 6) is -0.431. The van der Waals surface area contributed by atoms with Gasteiger partial charge in [0.15, 0.2) is 5.78 Å². The predicted molar refractivity (Wildman–Crippen MR) is 135 cm³/mol. The monoisotopic (exact) mass is 540 g/mol. The first-order valence-electron chi connectivity index (χ1n) is 11.5. The molecule has 0 radical (unpaired) electrons. The van der Waals surface area contributed by atoms with Crippen molar-refractivity contribution in [1.29, 1.82) is 0 Å². The summed E-state index contributed by atoms with van der Waals surface area (Å²) in [6.45, 7) is 2.84. The summed E-state index contributed by atoms with van der Waals surface area (Å²) in [5.41, 5.74) is 1.52. The van der Waals surface area contributed by atoms with E-state index >= 15 is 0 Å². The molecular weight excluding hydrogens is 508 g/mol. The standard InChI is InChI=1S/C23H32N4O7S2/c1-24-7-11-33-13-9-26-35(29,30)17-3-5-19-20-6-4-18(16-22(20)23(28)21(19)15-17)36(31,32)27-10-14-34-12-8-25-2/h3-6,15-16,24-27H,7-14H2,1-2H3. The third-order valence-corrected chi connectivity index (χ3v) is 8.37. The Bertz CT molecular complexity index is 1180. The van der Waals surface area contributed by atoms with Crippen LogP contribution in [0.3, 0.4) is 0 Å². The van der Waals surface area contributed by atoms with E-state index in [4.69, 9.17) is 9.47 Å². The number of ether oxygens (including phenoxy) is 2. The molecule has 0 amide bonds. The minimum atomic E-state index is -3.86. The van der Waals surface area contributed by atoms with Crippen LogP contribution >= 0.6 is 0 Å².